The average Bonchev–Trinajstić information content (AvgIpc) is 3.32. The Kier molecular flexibility index (Phi) is 4.14. The van der Waals surface area contributed by atoms with Gasteiger partial charge in [0.1, 0.15) is 17.7 Å². The molecular weight excluding hydrogens is 387 g/mol. The van der Waals surface area contributed by atoms with Gasteiger partial charge in [-0.25, -0.2) is 4.99 Å². The van der Waals surface area contributed by atoms with Crippen LogP contribution in [0.25, 0.3) is 11.3 Å². The fourth-order valence-electron chi connectivity index (χ4n) is 3.22. The highest BCUT2D eigenvalue weighted by molar-refractivity contribution is 6.09. The summed E-state index contributed by atoms with van der Waals surface area (Å²) < 4.78 is 43.6. The maximum absolute atomic E-state index is 13.2. The lowest BCUT2D eigenvalue weighted by Gasteiger charge is -2.26. The van der Waals surface area contributed by atoms with Crippen LogP contribution < -0.4 is 5.73 Å². The molecule has 0 saturated carbocycles. The minimum atomic E-state index is -4.60. The number of carbonyl (C=O) groups is 1. The molecule has 2 aromatic heterocycles. The molecular formula is C19H14F3N5O2. The SMILES string of the molecule is CN1C(=O)C(c2ccc(C(F)(F)F)nc2)(c2cccc(-c3ccon3)c2)N=C1N. The Morgan fingerprint density at radius 1 is 1.14 bits per heavy atom. The lowest BCUT2D eigenvalue weighted by Crippen LogP contribution is -2.41. The van der Waals surface area contributed by atoms with Crippen LogP contribution in [0.5, 0.6) is 0 Å². The van der Waals surface area contributed by atoms with Crippen molar-refractivity contribution in [3.8, 4) is 11.3 Å². The summed E-state index contributed by atoms with van der Waals surface area (Å²) in [6, 6.07) is 10.4. The van der Waals surface area contributed by atoms with E-state index < -0.39 is 23.3 Å². The van der Waals surface area contributed by atoms with Crippen LogP contribution in [0.2, 0.25) is 0 Å². The van der Waals surface area contributed by atoms with Gasteiger partial charge in [0, 0.05) is 30.4 Å². The van der Waals surface area contributed by atoms with Gasteiger partial charge in [-0.05, 0) is 17.7 Å². The quantitative estimate of drug-likeness (QED) is 0.728. The first-order chi connectivity index (χ1) is 13.7. The fourth-order valence-corrected chi connectivity index (χ4v) is 3.22. The van der Waals surface area contributed by atoms with Crippen molar-refractivity contribution < 1.29 is 22.5 Å². The molecule has 0 radical (unpaired) electrons. The molecule has 1 aromatic carbocycles. The van der Waals surface area contributed by atoms with Gasteiger partial charge in [-0.3, -0.25) is 14.7 Å². The van der Waals surface area contributed by atoms with E-state index in [0.29, 0.717) is 16.8 Å². The third-order valence-electron chi connectivity index (χ3n) is 4.73. The zero-order chi connectivity index (χ0) is 20.8. The number of rotatable bonds is 3. The maximum atomic E-state index is 13.2. The van der Waals surface area contributed by atoms with Crippen LogP contribution in [0.15, 0.2) is 64.4 Å². The van der Waals surface area contributed by atoms with Gasteiger partial charge in [-0.2, -0.15) is 13.2 Å². The number of nitrogens with zero attached hydrogens (tertiary/aromatic N) is 4. The minimum Gasteiger partial charge on any atom is -0.369 e. The summed E-state index contributed by atoms with van der Waals surface area (Å²) in [4.78, 5) is 22.1. The van der Waals surface area contributed by atoms with Gasteiger partial charge in [-0.15, -0.1) is 0 Å². The van der Waals surface area contributed by atoms with Crippen LogP contribution in [-0.4, -0.2) is 34.0 Å². The second-order valence-corrected chi connectivity index (χ2v) is 6.44. The van der Waals surface area contributed by atoms with Crippen molar-refractivity contribution >= 4 is 11.9 Å². The first kappa shape index (κ1) is 18.7. The first-order valence-electron chi connectivity index (χ1n) is 8.42. The summed E-state index contributed by atoms with van der Waals surface area (Å²) in [5.41, 5.74) is 4.91. The van der Waals surface area contributed by atoms with Gasteiger partial charge in [0.25, 0.3) is 5.91 Å². The highest BCUT2D eigenvalue weighted by Gasteiger charge is 2.50. The summed E-state index contributed by atoms with van der Waals surface area (Å²) in [5, 5.41) is 3.87. The molecule has 3 aromatic rings. The number of alkyl halides is 3. The molecule has 0 spiro atoms. The molecule has 1 aliphatic heterocycles. The molecule has 1 unspecified atom stereocenters. The molecule has 148 valence electrons. The zero-order valence-corrected chi connectivity index (χ0v) is 15.0. The maximum Gasteiger partial charge on any atom is 0.433 e. The number of pyridine rings is 1. The number of likely N-dealkylation sites (N-methyl/N-ethyl adjacent to an activating group) is 1. The molecule has 1 atom stereocenters. The Balaban J connectivity index is 1.90. The van der Waals surface area contributed by atoms with Crippen LogP contribution >= 0.6 is 0 Å². The molecule has 1 amide bonds. The van der Waals surface area contributed by atoms with Gasteiger partial charge >= 0.3 is 6.18 Å². The topological polar surface area (TPSA) is 97.6 Å². The van der Waals surface area contributed by atoms with Crippen molar-refractivity contribution in [3.63, 3.8) is 0 Å². The summed E-state index contributed by atoms with van der Waals surface area (Å²) in [6.07, 6.45) is -2.20. The second-order valence-electron chi connectivity index (χ2n) is 6.44. The van der Waals surface area contributed by atoms with Crippen molar-refractivity contribution in [1.82, 2.24) is 15.0 Å². The molecule has 3 heterocycles. The third-order valence-corrected chi connectivity index (χ3v) is 4.73. The van der Waals surface area contributed by atoms with E-state index in [1.807, 2.05) is 0 Å². The molecule has 0 saturated heterocycles. The van der Waals surface area contributed by atoms with Crippen molar-refractivity contribution in [2.45, 2.75) is 11.7 Å². The van der Waals surface area contributed by atoms with E-state index in [4.69, 9.17) is 10.3 Å². The normalized spacial score (nSPS) is 19.5. The number of hydrogen-bond donors (Lipinski definition) is 1. The molecule has 1 aliphatic rings. The zero-order valence-electron chi connectivity index (χ0n) is 15.0. The highest BCUT2D eigenvalue weighted by Crippen LogP contribution is 2.40. The van der Waals surface area contributed by atoms with Gasteiger partial charge in [0.05, 0.1) is 0 Å². The van der Waals surface area contributed by atoms with Crippen LogP contribution in [0, 0.1) is 0 Å². The summed E-state index contributed by atoms with van der Waals surface area (Å²) in [6.45, 7) is 0. The molecule has 29 heavy (non-hydrogen) atoms. The molecule has 10 heteroatoms. The molecule has 7 nitrogen and oxygen atoms in total. The van der Waals surface area contributed by atoms with Crippen LogP contribution in [-0.2, 0) is 16.5 Å². The van der Waals surface area contributed by atoms with Gasteiger partial charge in [-0.1, -0.05) is 29.4 Å². The summed E-state index contributed by atoms with van der Waals surface area (Å²) >= 11 is 0. The Hall–Kier alpha value is -3.69. The van der Waals surface area contributed by atoms with Crippen molar-refractivity contribution in [2.75, 3.05) is 7.05 Å². The number of nitrogens with two attached hydrogens (primary N) is 1. The van der Waals surface area contributed by atoms with Crippen molar-refractivity contribution in [3.05, 3.63) is 71.7 Å². The second kappa shape index (κ2) is 6.43. The number of guanidine groups is 1. The molecule has 0 aliphatic carbocycles. The highest BCUT2D eigenvalue weighted by atomic mass is 19.4. The van der Waals surface area contributed by atoms with Gasteiger partial charge in [0.15, 0.2) is 11.5 Å². The summed E-state index contributed by atoms with van der Waals surface area (Å²) in [5.74, 6) is -0.560. The minimum absolute atomic E-state index is 0.0539. The van der Waals surface area contributed by atoms with E-state index in [1.165, 1.54) is 19.4 Å². The van der Waals surface area contributed by atoms with E-state index in [-0.39, 0.29) is 11.5 Å². The number of amides is 1. The van der Waals surface area contributed by atoms with Crippen molar-refractivity contribution in [2.24, 2.45) is 10.7 Å². The Morgan fingerprint density at radius 3 is 2.48 bits per heavy atom. The van der Waals surface area contributed by atoms with Crippen LogP contribution in [0.3, 0.4) is 0 Å². The lowest BCUT2D eigenvalue weighted by molar-refractivity contribution is -0.141. The first-order valence-corrected chi connectivity index (χ1v) is 8.42. The summed E-state index contributed by atoms with van der Waals surface area (Å²) in [7, 11) is 1.45. The van der Waals surface area contributed by atoms with Crippen LogP contribution in [0.4, 0.5) is 13.2 Å². The number of halogens is 3. The Bertz CT molecular complexity index is 1090. The number of aromatic nitrogens is 2. The number of hydrogen-bond acceptors (Lipinski definition) is 6. The monoisotopic (exact) mass is 401 g/mol. The van der Waals surface area contributed by atoms with Gasteiger partial charge < -0.3 is 10.3 Å². The Morgan fingerprint density at radius 2 is 1.93 bits per heavy atom. The Labute approximate surface area is 162 Å². The predicted octanol–water partition coefficient (Wildman–Crippen LogP) is 2.79. The van der Waals surface area contributed by atoms with E-state index in [2.05, 4.69) is 15.1 Å². The van der Waals surface area contributed by atoms with E-state index in [0.717, 1.165) is 17.2 Å². The van der Waals surface area contributed by atoms with E-state index >= 15 is 0 Å². The molecule has 4 rings (SSSR count). The standard InChI is InChI=1S/C19H14F3N5O2/c1-27-16(28)18(25-17(27)23,13-5-6-15(24-10-13)19(20,21)22)12-4-2-3-11(9-12)14-7-8-29-26-14/h2-10H,1H3,(H2,23,25). The smallest absolute Gasteiger partial charge is 0.369 e. The van der Waals surface area contributed by atoms with Gasteiger partial charge in [0.2, 0.25) is 0 Å². The van der Waals surface area contributed by atoms with E-state index in [1.54, 1.807) is 30.3 Å². The lowest BCUT2D eigenvalue weighted by atomic mass is 9.82. The number of benzene rings is 1. The van der Waals surface area contributed by atoms with Crippen LogP contribution in [0.1, 0.15) is 16.8 Å². The van der Waals surface area contributed by atoms with E-state index in [9.17, 15) is 18.0 Å². The fraction of sp³-hybridized carbons (Fsp3) is 0.158. The molecule has 0 fully saturated rings. The predicted molar refractivity (Wildman–Crippen MR) is 96.4 cm³/mol. The molecule has 0 bridgehead atoms. The largest absolute Gasteiger partial charge is 0.433 e. The number of aliphatic imine (C=N–C) groups is 1. The third kappa shape index (κ3) is 2.93. The molecule has 2 N–H and O–H groups in total. The average molecular weight is 401 g/mol. The van der Waals surface area contributed by atoms with Crippen molar-refractivity contribution in [1.29, 1.82) is 0 Å². The number of carbonyl (C=O) groups excluding carboxylic acids is 1.